The minimum absolute atomic E-state index is 0.0853. The SMILES string of the molecule is CC(CN(C)C(=O)c1ccc(S(=O)(=O)N2CCCCC2)cc1)C(=O)O. The number of hydrogen-bond acceptors (Lipinski definition) is 4. The molecule has 1 aliphatic heterocycles. The molecular formula is C17H24N2O5S. The van der Waals surface area contributed by atoms with Gasteiger partial charge in [-0.2, -0.15) is 4.31 Å². The zero-order chi connectivity index (χ0) is 18.6. The third kappa shape index (κ3) is 4.58. The summed E-state index contributed by atoms with van der Waals surface area (Å²) < 4.78 is 26.7. The molecule has 1 N–H and O–H groups in total. The van der Waals surface area contributed by atoms with Crippen molar-refractivity contribution in [3.05, 3.63) is 29.8 Å². The minimum Gasteiger partial charge on any atom is -0.481 e. The van der Waals surface area contributed by atoms with E-state index in [1.807, 2.05) is 0 Å². The topological polar surface area (TPSA) is 95.0 Å². The quantitative estimate of drug-likeness (QED) is 0.824. The fourth-order valence-corrected chi connectivity index (χ4v) is 4.33. The van der Waals surface area contributed by atoms with Crippen LogP contribution < -0.4 is 0 Å². The maximum atomic E-state index is 12.6. The molecule has 0 aliphatic carbocycles. The summed E-state index contributed by atoms with van der Waals surface area (Å²) >= 11 is 0. The van der Waals surface area contributed by atoms with E-state index in [4.69, 9.17) is 5.11 Å². The van der Waals surface area contributed by atoms with E-state index in [-0.39, 0.29) is 17.3 Å². The lowest BCUT2D eigenvalue weighted by atomic mass is 10.1. The van der Waals surface area contributed by atoms with Crippen LogP contribution in [-0.4, -0.2) is 61.3 Å². The number of aliphatic carboxylic acids is 1. The van der Waals surface area contributed by atoms with Crippen LogP contribution in [0.25, 0.3) is 0 Å². The second-order valence-electron chi connectivity index (χ2n) is 6.41. The van der Waals surface area contributed by atoms with Crippen molar-refractivity contribution in [2.75, 3.05) is 26.7 Å². The average molecular weight is 368 g/mol. The molecule has 0 aromatic heterocycles. The van der Waals surface area contributed by atoms with Crippen LogP contribution in [0, 0.1) is 5.92 Å². The summed E-state index contributed by atoms with van der Waals surface area (Å²) in [6.07, 6.45) is 2.77. The molecule has 1 aliphatic rings. The maximum absolute atomic E-state index is 12.6. The molecule has 1 heterocycles. The van der Waals surface area contributed by atoms with Gasteiger partial charge in [0.25, 0.3) is 5.91 Å². The zero-order valence-electron chi connectivity index (χ0n) is 14.5. The Labute approximate surface area is 148 Å². The van der Waals surface area contributed by atoms with Crippen molar-refractivity contribution < 1.29 is 23.1 Å². The van der Waals surface area contributed by atoms with Gasteiger partial charge in [-0.05, 0) is 37.1 Å². The Hall–Kier alpha value is -1.93. The number of amides is 1. The van der Waals surface area contributed by atoms with Gasteiger partial charge in [0, 0.05) is 32.2 Å². The van der Waals surface area contributed by atoms with E-state index in [2.05, 4.69) is 0 Å². The molecule has 1 aromatic carbocycles. The fourth-order valence-electron chi connectivity index (χ4n) is 2.82. The summed E-state index contributed by atoms with van der Waals surface area (Å²) in [7, 11) is -2.00. The van der Waals surface area contributed by atoms with Gasteiger partial charge in [-0.3, -0.25) is 9.59 Å². The van der Waals surface area contributed by atoms with E-state index in [9.17, 15) is 18.0 Å². The molecule has 0 saturated carbocycles. The van der Waals surface area contributed by atoms with Crippen LogP contribution in [0.1, 0.15) is 36.5 Å². The summed E-state index contributed by atoms with van der Waals surface area (Å²) in [4.78, 5) is 24.7. The lowest BCUT2D eigenvalue weighted by Gasteiger charge is -2.26. The number of benzene rings is 1. The van der Waals surface area contributed by atoms with Crippen molar-refractivity contribution >= 4 is 21.9 Å². The molecule has 0 spiro atoms. The Bertz CT molecular complexity index is 724. The van der Waals surface area contributed by atoms with Gasteiger partial charge in [-0.25, -0.2) is 8.42 Å². The number of carbonyl (C=O) groups excluding carboxylic acids is 1. The molecule has 1 aromatic rings. The zero-order valence-corrected chi connectivity index (χ0v) is 15.3. The number of carbonyl (C=O) groups is 2. The van der Waals surface area contributed by atoms with Crippen LogP contribution in [0.2, 0.25) is 0 Å². The van der Waals surface area contributed by atoms with E-state index in [0.29, 0.717) is 18.7 Å². The molecule has 2 rings (SSSR count). The van der Waals surface area contributed by atoms with Crippen molar-refractivity contribution in [3.63, 3.8) is 0 Å². The monoisotopic (exact) mass is 368 g/mol. The van der Waals surface area contributed by atoms with E-state index in [0.717, 1.165) is 19.3 Å². The Morgan fingerprint density at radius 3 is 2.24 bits per heavy atom. The summed E-state index contributed by atoms with van der Waals surface area (Å²) in [5.41, 5.74) is 0.331. The van der Waals surface area contributed by atoms with Crippen molar-refractivity contribution in [2.45, 2.75) is 31.1 Å². The smallest absolute Gasteiger partial charge is 0.308 e. The molecule has 1 atom stereocenters. The van der Waals surface area contributed by atoms with Gasteiger partial charge in [0.1, 0.15) is 0 Å². The number of carboxylic acids is 1. The van der Waals surface area contributed by atoms with Crippen molar-refractivity contribution in [1.82, 2.24) is 9.21 Å². The Morgan fingerprint density at radius 2 is 1.72 bits per heavy atom. The number of nitrogens with zero attached hydrogens (tertiary/aromatic N) is 2. The van der Waals surface area contributed by atoms with E-state index < -0.39 is 21.9 Å². The Kier molecular flexibility index (Phi) is 6.18. The normalized spacial score (nSPS) is 17.0. The molecule has 1 amide bonds. The second kappa shape index (κ2) is 7.97. The van der Waals surface area contributed by atoms with Gasteiger partial charge in [-0.1, -0.05) is 13.3 Å². The Morgan fingerprint density at radius 1 is 1.16 bits per heavy atom. The third-order valence-electron chi connectivity index (χ3n) is 4.37. The van der Waals surface area contributed by atoms with Crippen LogP contribution in [-0.2, 0) is 14.8 Å². The van der Waals surface area contributed by atoms with Crippen LogP contribution in [0.3, 0.4) is 0 Å². The van der Waals surface area contributed by atoms with Gasteiger partial charge in [0.2, 0.25) is 10.0 Å². The first kappa shape index (κ1) is 19.4. The van der Waals surface area contributed by atoms with E-state index in [1.54, 1.807) is 0 Å². The number of rotatable bonds is 6. The van der Waals surface area contributed by atoms with Gasteiger partial charge >= 0.3 is 5.97 Å². The van der Waals surface area contributed by atoms with E-state index in [1.165, 1.54) is 47.4 Å². The lowest BCUT2D eigenvalue weighted by molar-refractivity contribution is -0.141. The summed E-state index contributed by atoms with van der Waals surface area (Å²) in [5, 5.41) is 8.92. The maximum Gasteiger partial charge on any atom is 0.308 e. The number of carboxylic acid groups (broad SMARTS) is 1. The van der Waals surface area contributed by atoms with E-state index >= 15 is 0 Å². The van der Waals surface area contributed by atoms with Gasteiger partial charge in [0.05, 0.1) is 10.8 Å². The average Bonchev–Trinajstić information content (AvgIpc) is 2.61. The number of hydrogen-bond donors (Lipinski definition) is 1. The molecule has 0 radical (unpaired) electrons. The van der Waals surface area contributed by atoms with Crippen molar-refractivity contribution in [2.24, 2.45) is 5.92 Å². The number of piperidine rings is 1. The highest BCUT2D eigenvalue weighted by Crippen LogP contribution is 2.21. The van der Waals surface area contributed by atoms with Crippen LogP contribution in [0.5, 0.6) is 0 Å². The lowest BCUT2D eigenvalue weighted by Crippen LogP contribution is -2.35. The molecule has 25 heavy (non-hydrogen) atoms. The second-order valence-corrected chi connectivity index (χ2v) is 8.35. The highest BCUT2D eigenvalue weighted by atomic mass is 32.2. The molecule has 0 bridgehead atoms. The van der Waals surface area contributed by atoms with Crippen molar-refractivity contribution in [1.29, 1.82) is 0 Å². The van der Waals surface area contributed by atoms with Gasteiger partial charge < -0.3 is 10.0 Å². The number of sulfonamides is 1. The standard InChI is InChI=1S/C17H24N2O5S/c1-13(17(21)22)12-18(2)16(20)14-6-8-15(9-7-14)25(23,24)19-10-4-3-5-11-19/h6-9,13H,3-5,10-12H2,1-2H3,(H,21,22). The molecule has 8 heteroatoms. The predicted octanol–water partition coefficient (Wildman–Crippen LogP) is 1.65. The summed E-state index contributed by atoms with van der Waals surface area (Å²) in [6, 6.07) is 5.82. The van der Waals surface area contributed by atoms with Crippen molar-refractivity contribution in [3.8, 4) is 0 Å². The molecule has 138 valence electrons. The minimum atomic E-state index is -3.52. The highest BCUT2D eigenvalue weighted by molar-refractivity contribution is 7.89. The van der Waals surface area contributed by atoms with Crippen LogP contribution in [0.15, 0.2) is 29.2 Å². The molecule has 1 fully saturated rings. The van der Waals surface area contributed by atoms with Gasteiger partial charge in [-0.15, -0.1) is 0 Å². The first-order valence-electron chi connectivity index (χ1n) is 8.32. The summed E-state index contributed by atoms with van der Waals surface area (Å²) in [6.45, 7) is 2.67. The third-order valence-corrected chi connectivity index (χ3v) is 6.28. The largest absolute Gasteiger partial charge is 0.481 e. The first-order valence-corrected chi connectivity index (χ1v) is 9.76. The highest BCUT2D eigenvalue weighted by Gasteiger charge is 2.26. The predicted molar refractivity (Wildman–Crippen MR) is 92.8 cm³/mol. The molecule has 1 saturated heterocycles. The molecular weight excluding hydrogens is 344 g/mol. The first-order chi connectivity index (χ1) is 11.7. The van der Waals surface area contributed by atoms with Crippen LogP contribution in [0.4, 0.5) is 0 Å². The Balaban J connectivity index is 2.11. The molecule has 1 unspecified atom stereocenters. The van der Waals surface area contributed by atoms with Gasteiger partial charge in [0.15, 0.2) is 0 Å². The van der Waals surface area contributed by atoms with Crippen LogP contribution >= 0.6 is 0 Å². The fraction of sp³-hybridized carbons (Fsp3) is 0.529. The summed E-state index contributed by atoms with van der Waals surface area (Å²) in [5.74, 6) is -1.98. The molecule has 7 nitrogen and oxygen atoms in total.